The first-order valence-electron chi connectivity index (χ1n) is 11.7. The Hall–Kier alpha value is -3.40. The highest BCUT2D eigenvalue weighted by atomic mass is 16.5. The molecule has 4 nitrogen and oxygen atoms in total. The van der Waals surface area contributed by atoms with Gasteiger partial charge in [0.25, 0.3) is 0 Å². The van der Waals surface area contributed by atoms with Gasteiger partial charge in [0.1, 0.15) is 12.4 Å². The van der Waals surface area contributed by atoms with E-state index in [0.717, 1.165) is 5.56 Å². The molecule has 0 heterocycles. The second kappa shape index (κ2) is 10.7. The van der Waals surface area contributed by atoms with Crippen molar-refractivity contribution in [2.45, 2.75) is 64.9 Å². The summed E-state index contributed by atoms with van der Waals surface area (Å²) in [5, 5.41) is 0. The molecule has 1 aliphatic carbocycles. The zero-order chi connectivity index (χ0) is 24.8. The highest BCUT2D eigenvalue weighted by molar-refractivity contribution is 5.89. The summed E-state index contributed by atoms with van der Waals surface area (Å²) < 4.78 is 10.1. The first-order valence-corrected chi connectivity index (χ1v) is 11.7. The van der Waals surface area contributed by atoms with E-state index in [1.807, 2.05) is 30.3 Å². The summed E-state index contributed by atoms with van der Waals surface area (Å²) in [6.45, 7) is 11.0. The molecule has 0 saturated heterocycles. The van der Waals surface area contributed by atoms with E-state index in [2.05, 4.69) is 52.0 Å². The molecule has 0 radical (unpaired) electrons. The molecule has 0 unspecified atom stereocenters. The maximum absolute atomic E-state index is 11.8. The minimum atomic E-state index is -0.414. The summed E-state index contributed by atoms with van der Waals surface area (Å²) in [4.78, 5) is 22.6. The zero-order valence-electron chi connectivity index (χ0n) is 20.8. The van der Waals surface area contributed by atoms with Crippen LogP contribution in [0.4, 0.5) is 0 Å². The summed E-state index contributed by atoms with van der Waals surface area (Å²) in [7, 11) is 0. The Balaban J connectivity index is 0.000000202. The molecule has 0 atom stereocenters. The van der Waals surface area contributed by atoms with Crippen LogP contribution < -0.4 is 4.74 Å². The van der Waals surface area contributed by atoms with E-state index in [-0.39, 0.29) is 6.61 Å². The highest BCUT2D eigenvalue weighted by Gasteiger charge is 2.36. The normalized spacial score (nSPS) is 15.2. The molecule has 3 aromatic rings. The van der Waals surface area contributed by atoms with Gasteiger partial charge >= 0.3 is 11.9 Å². The summed E-state index contributed by atoms with van der Waals surface area (Å²) in [6.07, 6.45) is 2.61. The van der Waals surface area contributed by atoms with E-state index in [1.165, 1.54) is 19.8 Å². The molecule has 34 heavy (non-hydrogen) atoms. The summed E-state index contributed by atoms with van der Waals surface area (Å²) in [5.74, 6) is -0.412. The molecule has 0 saturated carbocycles. The third-order valence-electron chi connectivity index (χ3n) is 6.32. The van der Waals surface area contributed by atoms with E-state index in [4.69, 9.17) is 9.47 Å². The molecular weight excluding hydrogens is 424 g/mol. The van der Waals surface area contributed by atoms with Gasteiger partial charge in [0.2, 0.25) is 0 Å². The lowest BCUT2D eigenvalue weighted by Gasteiger charge is -2.41. The van der Waals surface area contributed by atoms with E-state index in [0.29, 0.717) is 22.1 Å². The van der Waals surface area contributed by atoms with Crippen LogP contribution in [0.15, 0.2) is 78.9 Å². The largest absolute Gasteiger partial charge is 0.457 e. The molecule has 0 fully saturated rings. The molecule has 0 N–H and O–H groups in total. The third-order valence-corrected chi connectivity index (χ3v) is 6.32. The molecule has 178 valence electrons. The van der Waals surface area contributed by atoms with Crippen LogP contribution in [-0.2, 0) is 27.0 Å². The van der Waals surface area contributed by atoms with Crippen LogP contribution in [0.2, 0.25) is 0 Å². The van der Waals surface area contributed by atoms with Crippen molar-refractivity contribution in [2.75, 3.05) is 0 Å². The van der Waals surface area contributed by atoms with Crippen molar-refractivity contribution in [3.63, 3.8) is 0 Å². The van der Waals surface area contributed by atoms with Crippen LogP contribution >= 0.6 is 0 Å². The van der Waals surface area contributed by atoms with Gasteiger partial charge in [-0.1, -0.05) is 82.3 Å². The lowest BCUT2D eigenvalue weighted by Crippen LogP contribution is -2.33. The van der Waals surface area contributed by atoms with Gasteiger partial charge in [-0.15, -0.1) is 0 Å². The molecular formula is C30H34O4. The monoisotopic (exact) mass is 458 g/mol. The summed E-state index contributed by atoms with van der Waals surface area (Å²) in [5.41, 5.74) is 5.18. The van der Waals surface area contributed by atoms with E-state index >= 15 is 0 Å². The number of ether oxygens (including phenoxy) is 2. The second-order valence-electron chi connectivity index (χ2n) is 9.99. The zero-order valence-corrected chi connectivity index (χ0v) is 20.8. The van der Waals surface area contributed by atoms with Gasteiger partial charge in [-0.25, -0.2) is 4.79 Å². The molecule has 0 bridgehead atoms. The van der Waals surface area contributed by atoms with E-state index in [9.17, 15) is 9.59 Å². The average molecular weight is 459 g/mol. The fourth-order valence-corrected chi connectivity index (χ4v) is 4.19. The number of carbonyl (C=O) groups is 2. The van der Waals surface area contributed by atoms with Crippen LogP contribution in [0.3, 0.4) is 0 Å². The lowest BCUT2D eigenvalue weighted by atomic mass is 9.63. The van der Waals surface area contributed by atoms with Crippen molar-refractivity contribution >= 4 is 11.9 Å². The van der Waals surface area contributed by atoms with Crippen LogP contribution in [-0.4, -0.2) is 11.9 Å². The number of fused-ring (bicyclic) bond motifs is 1. The molecule has 0 spiro atoms. The topological polar surface area (TPSA) is 52.6 Å². The smallest absolute Gasteiger partial charge is 0.338 e. The average Bonchev–Trinajstić information content (AvgIpc) is 2.82. The maximum atomic E-state index is 11.8. The maximum Gasteiger partial charge on any atom is 0.338 e. The molecule has 3 aromatic carbocycles. The van der Waals surface area contributed by atoms with Gasteiger partial charge in [-0.3, -0.25) is 4.79 Å². The van der Waals surface area contributed by atoms with Crippen molar-refractivity contribution < 1.29 is 19.1 Å². The number of benzene rings is 3. The first kappa shape index (κ1) is 25.2. The Morgan fingerprint density at radius 2 is 1.24 bits per heavy atom. The van der Waals surface area contributed by atoms with Crippen molar-refractivity contribution in [1.82, 2.24) is 0 Å². The molecule has 0 aliphatic heterocycles. The van der Waals surface area contributed by atoms with Crippen LogP contribution in [0.1, 0.15) is 74.5 Å². The number of rotatable bonds is 4. The Morgan fingerprint density at radius 3 is 1.74 bits per heavy atom. The molecule has 0 amide bonds. The van der Waals surface area contributed by atoms with Gasteiger partial charge in [-0.2, -0.15) is 0 Å². The number of carbonyl (C=O) groups excluding carboxylic acids is 2. The van der Waals surface area contributed by atoms with Crippen molar-refractivity contribution in [3.05, 3.63) is 101 Å². The van der Waals surface area contributed by atoms with Gasteiger partial charge in [0.15, 0.2) is 0 Å². The fraction of sp³-hybridized carbons (Fsp3) is 0.333. The van der Waals surface area contributed by atoms with E-state index < -0.39 is 11.9 Å². The number of hydrogen-bond acceptors (Lipinski definition) is 4. The quantitative estimate of drug-likeness (QED) is 0.312. The third kappa shape index (κ3) is 6.57. The first-order chi connectivity index (χ1) is 16.1. The van der Waals surface area contributed by atoms with Crippen LogP contribution in [0, 0.1) is 0 Å². The Morgan fingerprint density at radius 1 is 0.735 bits per heavy atom. The van der Waals surface area contributed by atoms with Crippen molar-refractivity contribution in [2.24, 2.45) is 0 Å². The van der Waals surface area contributed by atoms with Crippen LogP contribution in [0.5, 0.6) is 5.75 Å². The van der Waals surface area contributed by atoms with Gasteiger partial charge in [0.05, 0.1) is 5.56 Å². The van der Waals surface area contributed by atoms with Crippen LogP contribution in [0.25, 0.3) is 0 Å². The van der Waals surface area contributed by atoms with Gasteiger partial charge in [-0.05, 0) is 64.6 Å². The SMILES string of the molecule is CC(=O)Oc1ccc(C(=O)OCc2ccccc2)cc1.CC1(C)CCC(C)(C)c2ccccc21. The van der Waals surface area contributed by atoms with Gasteiger partial charge in [0, 0.05) is 6.92 Å². The molecule has 4 rings (SSSR count). The second-order valence-corrected chi connectivity index (χ2v) is 9.99. The molecule has 0 aromatic heterocycles. The summed E-state index contributed by atoms with van der Waals surface area (Å²) in [6, 6.07) is 24.6. The highest BCUT2D eigenvalue weighted by Crippen LogP contribution is 2.45. The minimum absolute atomic E-state index is 0.228. The Labute approximate surface area is 202 Å². The number of hydrogen-bond donors (Lipinski definition) is 0. The standard InChI is InChI=1S/C16H14O4.C14H20/c1-12(17)20-15-9-7-14(8-10-15)16(18)19-11-13-5-3-2-4-6-13;1-13(2)9-10-14(3,4)12-8-6-5-7-11(12)13/h2-10H,11H2,1H3;5-8H,9-10H2,1-4H3. The van der Waals surface area contributed by atoms with Crippen molar-refractivity contribution in [3.8, 4) is 5.75 Å². The summed E-state index contributed by atoms with van der Waals surface area (Å²) >= 11 is 0. The van der Waals surface area contributed by atoms with Gasteiger partial charge < -0.3 is 9.47 Å². The number of esters is 2. The Bertz CT molecular complexity index is 1080. The Kier molecular flexibility index (Phi) is 7.93. The lowest BCUT2D eigenvalue weighted by molar-refractivity contribution is -0.131. The minimum Gasteiger partial charge on any atom is -0.457 e. The fourth-order valence-electron chi connectivity index (χ4n) is 4.19. The predicted molar refractivity (Wildman–Crippen MR) is 135 cm³/mol. The molecule has 1 aliphatic rings. The predicted octanol–water partition coefficient (Wildman–Crippen LogP) is 7.00. The van der Waals surface area contributed by atoms with Crippen molar-refractivity contribution in [1.29, 1.82) is 0 Å². The van der Waals surface area contributed by atoms with E-state index in [1.54, 1.807) is 35.4 Å². The molecule has 4 heteroatoms.